The molecule has 0 saturated carbocycles. The molecule has 0 spiro atoms. The van der Waals surface area contributed by atoms with Crippen molar-refractivity contribution in [3.05, 3.63) is 53.3 Å². The number of ether oxygens (including phenoxy) is 1. The van der Waals surface area contributed by atoms with Crippen LogP contribution in [0.5, 0.6) is 0 Å². The Morgan fingerprint density at radius 3 is 2.97 bits per heavy atom. The van der Waals surface area contributed by atoms with Crippen LogP contribution in [0.3, 0.4) is 0 Å². The van der Waals surface area contributed by atoms with Crippen LogP contribution in [0, 0.1) is 22.7 Å². The van der Waals surface area contributed by atoms with Gasteiger partial charge in [0.15, 0.2) is 0 Å². The number of pyridine rings is 2. The molecule has 4 rings (SSSR count). The van der Waals surface area contributed by atoms with Crippen LogP contribution < -0.4 is 10.4 Å². The predicted molar refractivity (Wildman–Crippen MR) is 119 cm³/mol. The van der Waals surface area contributed by atoms with Gasteiger partial charge in [0, 0.05) is 31.0 Å². The number of hydrogen-bond acceptors (Lipinski definition) is 6. The number of aromatic nitrogens is 2. The first-order valence-electron chi connectivity index (χ1n) is 10.8. The van der Waals surface area contributed by atoms with Gasteiger partial charge in [0.2, 0.25) is 5.91 Å². The van der Waals surface area contributed by atoms with Gasteiger partial charge in [-0.25, -0.2) is 9.98 Å². The largest absolute Gasteiger partial charge is 0.362 e. The average molecular weight is 434 g/mol. The Bertz CT molecular complexity index is 1090. The van der Waals surface area contributed by atoms with Gasteiger partial charge in [-0.15, -0.1) is 0 Å². The van der Waals surface area contributed by atoms with Gasteiger partial charge in [-0.2, -0.15) is 5.26 Å². The first-order valence-corrected chi connectivity index (χ1v) is 10.8. The van der Waals surface area contributed by atoms with Gasteiger partial charge in [-0.05, 0) is 43.5 Å². The average Bonchev–Trinajstić information content (AvgIpc) is 3.01. The van der Waals surface area contributed by atoms with E-state index >= 15 is 0 Å². The molecule has 2 fully saturated rings. The Morgan fingerprint density at radius 2 is 2.28 bits per heavy atom. The highest BCUT2D eigenvalue weighted by Gasteiger charge is 2.45. The van der Waals surface area contributed by atoms with E-state index in [1.807, 2.05) is 30.0 Å². The van der Waals surface area contributed by atoms with Gasteiger partial charge in [0.25, 0.3) is 0 Å². The van der Waals surface area contributed by atoms with Crippen molar-refractivity contribution in [2.75, 3.05) is 24.6 Å². The van der Waals surface area contributed by atoms with Crippen molar-refractivity contribution in [3.63, 3.8) is 0 Å². The number of H-pyrrole nitrogens is 1. The highest BCUT2D eigenvalue weighted by Crippen LogP contribution is 2.37. The monoisotopic (exact) mass is 433 g/mol. The number of carbonyl (C=O) groups is 1. The molecule has 2 unspecified atom stereocenters. The number of nitrogens with one attached hydrogen (secondary N) is 2. The lowest BCUT2D eigenvalue weighted by Gasteiger charge is -2.42. The number of fused-ring (bicyclic) bond motifs is 2. The molecule has 2 aliphatic heterocycles. The fraction of sp³-hybridized carbons (Fsp3) is 0.435. The number of amides is 1. The molecule has 4 atom stereocenters. The molecule has 2 N–H and O–H groups in total. The van der Waals surface area contributed by atoms with Crippen molar-refractivity contribution in [1.82, 2.24) is 14.9 Å². The smallest absolute Gasteiger partial charge is 0.248 e. The van der Waals surface area contributed by atoms with Crippen LogP contribution >= 0.6 is 0 Å². The Morgan fingerprint density at radius 1 is 1.44 bits per heavy atom. The van der Waals surface area contributed by atoms with E-state index in [2.05, 4.69) is 32.9 Å². The van der Waals surface area contributed by atoms with Gasteiger partial charge in [-0.1, -0.05) is 13.0 Å². The topological polar surface area (TPSA) is 121 Å². The van der Waals surface area contributed by atoms with Crippen molar-refractivity contribution in [1.29, 1.82) is 10.7 Å². The highest BCUT2D eigenvalue weighted by atomic mass is 16.5. The van der Waals surface area contributed by atoms with Crippen LogP contribution in [0.25, 0.3) is 0 Å². The minimum absolute atomic E-state index is 0.00385. The Kier molecular flexibility index (Phi) is 6.32. The van der Waals surface area contributed by atoms with Gasteiger partial charge in [0.05, 0.1) is 17.7 Å². The zero-order chi connectivity index (χ0) is 22.7. The molecular formula is C23H27N7O2. The maximum atomic E-state index is 12.9. The third-order valence-corrected chi connectivity index (χ3v) is 6.28. The summed E-state index contributed by atoms with van der Waals surface area (Å²) in [5.74, 6) is 1.30. The summed E-state index contributed by atoms with van der Waals surface area (Å²) in [4.78, 5) is 28.6. The molecule has 2 aromatic rings. The Labute approximate surface area is 186 Å². The molecule has 4 heterocycles. The summed E-state index contributed by atoms with van der Waals surface area (Å²) < 4.78 is 5.85. The molecule has 0 aromatic carbocycles. The zero-order valence-electron chi connectivity index (χ0n) is 18.2. The minimum atomic E-state index is -0.306. The third kappa shape index (κ3) is 4.41. The lowest BCUT2D eigenvalue weighted by Crippen LogP contribution is -2.57. The second kappa shape index (κ2) is 9.32. The SMILES string of the molecule is C[C@@H](OCC(=O)N1CC2C[C@H](C)C(C1)N2c1ccc(C#N)cn1)c1ccc/c(=N/C=N)[nH]1. The summed E-state index contributed by atoms with van der Waals surface area (Å²) in [5, 5.41) is 16.1. The minimum Gasteiger partial charge on any atom is -0.362 e. The second-order valence-electron chi connectivity index (χ2n) is 8.36. The summed E-state index contributed by atoms with van der Waals surface area (Å²) in [7, 11) is 0. The zero-order valence-corrected chi connectivity index (χ0v) is 18.2. The molecule has 32 heavy (non-hydrogen) atoms. The molecule has 2 aromatic heterocycles. The van der Waals surface area contributed by atoms with E-state index in [1.54, 1.807) is 18.3 Å². The fourth-order valence-corrected chi connectivity index (χ4v) is 4.63. The normalized spacial score (nSPS) is 23.7. The van der Waals surface area contributed by atoms with E-state index in [1.165, 1.54) is 0 Å². The molecule has 2 saturated heterocycles. The van der Waals surface area contributed by atoms with Gasteiger partial charge in [0.1, 0.15) is 30.3 Å². The Balaban J connectivity index is 1.39. The van der Waals surface area contributed by atoms with E-state index in [-0.39, 0.29) is 30.7 Å². The highest BCUT2D eigenvalue weighted by molar-refractivity contribution is 5.78. The molecule has 2 bridgehead atoms. The van der Waals surface area contributed by atoms with E-state index in [0.29, 0.717) is 30.1 Å². The van der Waals surface area contributed by atoms with Crippen LogP contribution in [0.15, 0.2) is 41.5 Å². The van der Waals surface area contributed by atoms with E-state index in [9.17, 15) is 4.79 Å². The number of rotatable bonds is 6. The molecule has 0 aliphatic carbocycles. The molecular weight excluding hydrogens is 406 g/mol. The van der Waals surface area contributed by atoms with E-state index in [4.69, 9.17) is 15.4 Å². The predicted octanol–water partition coefficient (Wildman–Crippen LogP) is 1.99. The van der Waals surface area contributed by atoms with Crippen molar-refractivity contribution >= 4 is 18.1 Å². The van der Waals surface area contributed by atoms with Crippen LogP contribution in [0.4, 0.5) is 5.82 Å². The lowest BCUT2D eigenvalue weighted by molar-refractivity contribution is -0.139. The summed E-state index contributed by atoms with van der Waals surface area (Å²) in [5.41, 5.74) is 1.91. The van der Waals surface area contributed by atoms with Crippen molar-refractivity contribution in [2.45, 2.75) is 38.5 Å². The summed E-state index contributed by atoms with van der Waals surface area (Å²) >= 11 is 0. The molecule has 0 radical (unpaired) electrons. The third-order valence-electron chi connectivity index (χ3n) is 6.28. The van der Waals surface area contributed by atoms with Gasteiger partial charge < -0.3 is 19.5 Å². The summed E-state index contributed by atoms with van der Waals surface area (Å²) in [6.45, 7) is 5.38. The number of likely N-dealkylation sites (tertiary alicyclic amines) is 1. The summed E-state index contributed by atoms with van der Waals surface area (Å²) in [6, 6.07) is 11.7. The Hall–Kier alpha value is -3.51. The number of nitriles is 1. The summed E-state index contributed by atoms with van der Waals surface area (Å²) in [6.07, 6.45) is 3.28. The molecule has 166 valence electrons. The number of aromatic amines is 1. The number of anilines is 1. The van der Waals surface area contributed by atoms with Crippen molar-refractivity contribution in [3.8, 4) is 6.07 Å². The number of carbonyl (C=O) groups excluding carboxylic acids is 1. The number of piperazine rings is 1. The van der Waals surface area contributed by atoms with Crippen LogP contribution in [0.1, 0.15) is 37.6 Å². The maximum Gasteiger partial charge on any atom is 0.248 e. The van der Waals surface area contributed by atoms with Crippen LogP contribution in [-0.4, -0.2) is 58.9 Å². The van der Waals surface area contributed by atoms with Gasteiger partial charge >= 0.3 is 0 Å². The van der Waals surface area contributed by atoms with Crippen LogP contribution in [0.2, 0.25) is 0 Å². The quantitative estimate of drug-likeness (QED) is 0.533. The van der Waals surface area contributed by atoms with E-state index in [0.717, 1.165) is 24.3 Å². The number of hydrogen-bond donors (Lipinski definition) is 2. The fourth-order valence-electron chi connectivity index (χ4n) is 4.63. The number of nitrogens with zero attached hydrogens (tertiary/aromatic N) is 5. The molecule has 1 amide bonds. The standard InChI is InChI=1S/C23H27N7O2/c1-15-8-18-11-29(12-20(15)30(18)22-7-6-17(9-24)10-26-22)23(31)13-32-16(2)19-4-3-5-21(28-19)27-14-25/h3-7,10,14-16,18,20H,8,11-13H2,1-2H3,(H2,25,27,28)/t15-,16+,18?,20?/m0/s1. The second-order valence-corrected chi connectivity index (χ2v) is 8.36. The van der Waals surface area contributed by atoms with Crippen molar-refractivity contribution in [2.24, 2.45) is 10.9 Å². The first-order chi connectivity index (χ1) is 15.5. The lowest BCUT2D eigenvalue weighted by atomic mass is 10.0. The molecule has 2 aliphatic rings. The van der Waals surface area contributed by atoms with E-state index < -0.39 is 0 Å². The molecule has 9 nitrogen and oxygen atoms in total. The first kappa shape index (κ1) is 21.7. The van der Waals surface area contributed by atoms with Crippen LogP contribution in [-0.2, 0) is 9.53 Å². The van der Waals surface area contributed by atoms with Gasteiger partial charge in [-0.3, -0.25) is 10.2 Å². The van der Waals surface area contributed by atoms with Crippen molar-refractivity contribution < 1.29 is 9.53 Å². The maximum absolute atomic E-state index is 12.9. The molecule has 9 heteroatoms.